The smallest absolute Gasteiger partial charge is 0.318 e. The Hall–Kier alpha value is 0.510. The molecule has 1 atom stereocenters. The zero-order valence-corrected chi connectivity index (χ0v) is 11.4. The number of ether oxygens (including phenoxy) is 1. The molecule has 0 aliphatic carbocycles. The van der Waals surface area contributed by atoms with Gasteiger partial charge in [-0.2, -0.15) is 11.8 Å². The van der Waals surface area contributed by atoms with Crippen LogP contribution in [-0.2, 0) is 9.53 Å². The van der Waals surface area contributed by atoms with Crippen LogP contribution in [0.25, 0.3) is 0 Å². The average molecular weight is 330 g/mol. The summed E-state index contributed by atoms with van der Waals surface area (Å²) in [6, 6.07) is 0. The van der Waals surface area contributed by atoms with E-state index in [-0.39, 0.29) is 9.89 Å². The number of esters is 1. The number of carbonyl (C=O) groups excluding carboxylic acids is 1. The topological polar surface area (TPSA) is 30.7 Å². The molecule has 1 saturated heterocycles. The first-order valence-electron chi connectivity index (χ1n) is 4.92. The average Bonchev–Trinajstić information content (AvgIpc) is 2.19. The predicted molar refractivity (Wildman–Crippen MR) is 67.3 cm³/mol. The minimum atomic E-state index is -0.0867. The molecule has 5 heteroatoms. The molecule has 3 nitrogen and oxygen atoms in total. The highest BCUT2D eigenvalue weighted by molar-refractivity contribution is 14.1. The van der Waals surface area contributed by atoms with Crippen molar-refractivity contribution >= 4 is 40.3 Å². The maximum atomic E-state index is 11.1. The Kier molecular flexibility index (Phi) is 6.20. The zero-order valence-electron chi connectivity index (χ0n) is 8.42. The molecule has 82 valence electrons. The van der Waals surface area contributed by atoms with Crippen LogP contribution in [0, 0.1) is 0 Å². The van der Waals surface area contributed by atoms with E-state index in [9.17, 15) is 4.79 Å². The molecule has 1 fully saturated rings. The van der Waals surface area contributed by atoms with Crippen molar-refractivity contribution in [2.75, 3.05) is 37.7 Å². The summed E-state index contributed by atoms with van der Waals surface area (Å²) in [5.41, 5.74) is 0. The van der Waals surface area contributed by atoms with Gasteiger partial charge >= 0.3 is 5.97 Å². The second-order valence-electron chi connectivity index (χ2n) is 3.40. The van der Waals surface area contributed by atoms with Crippen LogP contribution in [0.15, 0.2) is 0 Å². The first kappa shape index (κ1) is 12.6. The lowest BCUT2D eigenvalue weighted by Crippen LogP contribution is -3.14. The molecule has 1 aliphatic rings. The Morgan fingerprint density at radius 1 is 1.57 bits per heavy atom. The van der Waals surface area contributed by atoms with Gasteiger partial charge in [0, 0.05) is 11.5 Å². The summed E-state index contributed by atoms with van der Waals surface area (Å²) in [4.78, 5) is 12.7. The zero-order chi connectivity index (χ0) is 10.4. The van der Waals surface area contributed by atoms with Crippen molar-refractivity contribution in [3.8, 4) is 0 Å². The number of nitrogens with one attached hydrogen (secondary N) is 1. The van der Waals surface area contributed by atoms with Crippen LogP contribution in [0.2, 0.25) is 0 Å². The largest absolute Gasteiger partial charge is 0.459 e. The van der Waals surface area contributed by atoms with Crippen molar-refractivity contribution in [1.29, 1.82) is 0 Å². The fourth-order valence-electron chi connectivity index (χ4n) is 1.32. The highest BCUT2D eigenvalue weighted by Gasteiger charge is 2.15. The number of quaternary nitrogens is 1. The standard InChI is InChI=1S/C9H16INO2S/c1-8(10)9(12)13-5-2-11-3-6-14-7-4-11/h8H,2-7H2,1H3/p+1. The van der Waals surface area contributed by atoms with E-state index in [4.69, 9.17) is 4.74 Å². The van der Waals surface area contributed by atoms with E-state index >= 15 is 0 Å². The van der Waals surface area contributed by atoms with Crippen LogP contribution < -0.4 is 4.90 Å². The van der Waals surface area contributed by atoms with Crippen molar-refractivity contribution in [3.05, 3.63) is 0 Å². The molecule has 1 aliphatic heterocycles. The Balaban J connectivity index is 2.05. The number of alkyl halides is 1. The van der Waals surface area contributed by atoms with Crippen molar-refractivity contribution in [2.24, 2.45) is 0 Å². The molecule has 0 aromatic rings. The SMILES string of the molecule is CC(I)C(=O)OCC[NH+]1CCSCC1. The lowest BCUT2D eigenvalue weighted by molar-refractivity contribution is -0.896. The number of rotatable bonds is 4. The minimum Gasteiger partial charge on any atom is -0.459 e. The lowest BCUT2D eigenvalue weighted by atomic mass is 10.4. The minimum absolute atomic E-state index is 0.0282. The van der Waals surface area contributed by atoms with Crippen molar-refractivity contribution in [3.63, 3.8) is 0 Å². The third kappa shape index (κ3) is 4.84. The molecule has 1 heterocycles. The first-order chi connectivity index (χ1) is 6.70. The predicted octanol–water partition coefficient (Wildman–Crippen LogP) is -0.0152. The molecule has 0 amide bonds. The third-order valence-electron chi connectivity index (χ3n) is 2.22. The van der Waals surface area contributed by atoms with E-state index in [0.29, 0.717) is 6.61 Å². The molecule has 14 heavy (non-hydrogen) atoms. The Bertz CT molecular complexity index is 184. The third-order valence-corrected chi connectivity index (χ3v) is 3.72. The quantitative estimate of drug-likeness (QED) is 0.447. The summed E-state index contributed by atoms with van der Waals surface area (Å²) < 4.78 is 5.10. The maximum absolute atomic E-state index is 11.1. The van der Waals surface area contributed by atoms with E-state index in [2.05, 4.69) is 22.6 Å². The van der Waals surface area contributed by atoms with E-state index in [1.54, 1.807) is 4.90 Å². The van der Waals surface area contributed by atoms with E-state index in [1.165, 1.54) is 24.6 Å². The molecule has 1 unspecified atom stereocenters. The van der Waals surface area contributed by atoms with Crippen LogP contribution in [0.5, 0.6) is 0 Å². The number of hydrogen-bond acceptors (Lipinski definition) is 3. The van der Waals surface area contributed by atoms with Crippen molar-refractivity contribution < 1.29 is 14.4 Å². The highest BCUT2D eigenvalue weighted by Crippen LogP contribution is 2.00. The Morgan fingerprint density at radius 2 is 2.21 bits per heavy atom. The summed E-state index contributed by atoms with van der Waals surface area (Å²) >= 11 is 4.09. The van der Waals surface area contributed by atoms with Crippen molar-refractivity contribution in [2.45, 2.75) is 10.8 Å². The maximum Gasteiger partial charge on any atom is 0.318 e. The number of thioether (sulfide) groups is 1. The van der Waals surface area contributed by atoms with E-state index in [1.807, 2.05) is 18.7 Å². The second-order valence-corrected chi connectivity index (χ2v) is 6.49. The van der Waals surface area contributed by atoms with Gasteiger partial charge in [0.05, 0.1) is 13.1 Å². The summed E-state index contributed by atoms with van der Waals surface area (Å²) in [5.74, 6) is 2.40. The molecular formula is C9H17INO2S+. The summed E-state index contributed by atoms with van der Waals surface area (Å²) in [6.07, 6.45) is 0. The van der Waals surface area contributed by atoms with Gasteiger partial charge < -0.3 is 9.64 Å². The first-order valence-corrected chi connectivity index (χ1v) is 7.32. The van der Waals surface area contributed by atoms with Gasteiger partial charge in [0.25, 0.3) is 0 Å². The number of carbonyl (C=O) groups is 1. The van der Waals surface area contributed by atoms with Gasteiger partial charge in [-0.25, -0.2) is 0 Å². The molecule has 0 bridgehead atoms. The van der Waals surface area contributed by atoms with E-state index in [0.717, 1.165) is 6.54 Å². The lowest BCUT2D eigenvalue weighted by Gasteiger charge is -2.22. The molecule has 1 N–H and O–H groups in total. The molecule has 0 aromatic heterocycles. The fourth-order valence-corrected chi connectivity index (χ4v) is 2.57. The molecule has 0 radical (unpaired) electrons. The fraction of sp³-hybridized carbons (Fsp3) is 0.889. The van der Waals surface area contributed by atoms with Gasteiger partial charge in [0.1, 0.15) is 17.1 Å². The van der Waals surface area contributed by atoms with Crippen molar-refractivity contribution in [1.82, 2.24) is 0 Å². The van der Waals surface area contributed by atoms with Crippen LogP contribution in [0.3, 0.4) is 0 Å². The molecule has 0 aromatic carbocycles. The molecular weight excluding hydrogens is 313 g/mol. The molecule has 0 saturated carbocycles. The van der Waals surface area contributed by atoms with Gasteiger partial charge in [-0.15, -0.1) is 0 Å². The highest BCUT2D eigenvalue weighted by atomic mass is 127. The van der Waals surface area contributed by atoms with Crippen LogP contribution in [0.1, 0.15) is 6.92 Å². The van der Waals surface area contributed by atoms with Gasteiger partial charge in [-0.05, 0) is 6.92 Å². The van der Waals surface area contributed by atoms with Crippen LogP contribution in [-0.4, -0.2) is 47.6 Å². The normalized spacial score (nSPS) is 20.4. The van der Waals surface area contributed by atoms with Gasteiger partial charge in [-0.3, -0.25) is 4.79 Å². The summed E-state index contributed by atoms with van der Waals surface area (Å²) in [5, 5.41) is 0. The summed E-state index contributed by atoms with van der Waals surface area (Å²) in [7, 11) is 0. The Labute approximate surface area is 103 Å². The van der Waals surface area contributed by atoms with Gasteiger partial charge in [0.2, 0.25) is 0 Å². The number of hydrogen-bond donors (Lipinski definition) is 1. The molecule has 0 spiro atoms. The number of halogens is 1. The van der Waals surface area contributed by atoms with Gasteiger partial charge in [-0.1, -0.05) is 22.6 Å². The Morgan fingerprint density at radius 3 is 2.79 bits per heavy atom. The van der Waals surface area contributed by atoms with E-state index < -0.39 is 0 Å². The molecule has 1 rings (SSSR count). The van der Waals surface area contributed by atoms with Crippen LogP contribution in [0.4, 0.5) is 0 Å². The van der Waals surface area contributed by atoms with Crippen LogP contribution >= 0.6 is 34.4 Å². The monoisotopic (exact) mass is 330 g/mol. The second kappa shape index (κ2) is 6.90. The van der Waals surface area contributed by atoms with Gasteiger partial charge in [0.15, 0.2) is 0 Å². The summed E-state index contributed by atoms with van der Waals surface area (Å²) in [6.45, 7) is 5.82.